The van der Waals surface area contributed by atoms with Crippen molar-refractivity contribution in [3.63, 3.8) is 0 Å². The number of aliphatic hydroxyl groups is 1. The molecule has 0 aromatic heterocycles. The summed E-state index contributed by atoms with van der Waals surface area (Å²) in [4.78, 5) is 0. The summed E-state index contributed by atoms with van der Waals surface area (Å²) in [7, 11) is -1.69. The third-order valence-corrected chi connectivity index (χ3v) is 10.2. The molecule has 0 bridgehead atoms. The zero-order valence-electron chi connectivity index (χ0n) is 17.7. The third-order valence-electron chi connectivity index (χ3n) is 5.50. The fraction of sp³-hybridized carbons (Fsp3) is 1.00. The minimum Gasteiger partial charge on any atom is -0.412 e. The van der Waals surface area contributed by atoms with Crippen LogP contribution < -0.4 is 0 Å². The standard InChI is InChI=1S/C20H44O2Si/c1-17(16-19(5,6)14-15-21)12-11-13-20(7,8)22-23(9,10)18(2,3)4/h17,21H,11-16H2,1-10H3. The highest BCUT2D eigenvalue weighted by Crippen LogP contribution is 2.40. The van der Waals surface area contributed by atoms with E-state index in [2.05, 4.69) is 68.5 Å². The van der Waals surface area contributed by atoms with Gasteiger partial charge in [0.2, 0.25) is 0 Å². The van der Waals surface area contributed by atoms with E-state index in [0.717, 1.165) is 12.8 Å². The Bertz CT molecular complexity index is 340. The van der Waals surface area contributed by atoms with Crippen molar-refractivity contribution in [1.29, 1.82) is 0 Å². The van der Waals surface area contributed by atoms with Crippen LogP contribution in [-0.2, 0) is 4.43 Å². The smallest absolute Gasteiger partial charge is 0.192 e. The van der Waals surface area contributed by atoms with Crippen LogP contribution in [0.25, 0.3) is 0 Å². The van der Waals surface area contributed by atoms with Crippen LogP contribution in [0.3, 0.4) is 0 Å². The van der Waals surface area contributed by atoms with E-state index in [-0.39, 0.29) is 16.1 Å². The Hall–Kier alpha value is 0.137. The van der Waals surface area contributed by atoms with Crippen molar-refractivity contribution in [1.82, 2.24) is 0 Å². The van der Waals surface area contributed by atoms with Crippen molar-refractivity contribution in [2.75, 3.05) is 6.61 Å². The lowest BCUT2D eigenvalue weighted by Crippen LogP contribution is -2.47. The average molecular weight is 345 g/mol. The molecular weight excluding hydrogens is 300 g/mol. The molecule has 0 saturated heterocycles. The van der Waals surface area contributed by atoms with Crippen LogP contribution in [0.1, 0.15) is 87.5 Å². The molecule has 1 unspecified atom stereocenters. The number of aliphatic hydroxyl groups excluding tert-OH is 1. The van der Waals surface area contributed by atoms with Crippen molar-refractivity contribution in [3.8, 4) is 0 Å². The van der Waals surface area contributed by atoms with Crippen LogP contribution in [0.2, 0.25) is 18.1 Å². The van der Waals surface area contributed by atoms with E-state index in [4.69, 9.17) is 9.53 Å². The molecule has 2 nitrogen and oxygen atoms in total. The summed E-state index contributed by atoms with van der Waals surface area (Å²) < 4.78 is 6.62. The van der Waals surface area contributed by atoms with Gasteiger partial charge < -0.3 is 9.53 Å². The summed E-state index contributed by atoms with van der Waals surface area (Å²) >= 11 is 0. The van der Waals surface area contributed by atoms with Gasteiger partial charge in [-0.1, -0.05) is 54.4 Å². The maximum absolute atomic E-state index is 9.16. The molecule has 0 rings (SSSR count). The molecule has 0 aromatic carbocycles. The monoisotopic (exact) mass is 344 g/mol. The van der Waals surface area contributed by atoms with Crippen molar-refractivity contribution >= 4 is 8.32 Å². The van der Waals surface area contributed by atoms with Crippen molar-refractivity contribution < 1.29 is 9.53 Å². The molecule has 1 N–H and O–H groups in total. The quantitative estimate of drug-likeness (QED) is 0.465. The zero-order valence-corrected chi connectivity index (χ0v) is 18.7. The molecule has 3 heteroatoms. The SMILES string of the molecule is CC(CCCC(C)(C)O[Si](C)(C)C(C)(C)C)CC(C)(C)CCO. The van der Waals surface area contributed by atoms with Crippen molar-refractivity contribution in [3.05, 3.63) is 0 Å². The fourth-order valence-corrected chi connectivity index (χ4v) is 5.01. The topological polar surface area (TPSA) is 29.5 Å². The predicted molar refractivity (Wildman–Crippen MR) is 105 cm³/mol. The van der Waals surface area contributed by atoms with Crippen LogP contribution >= 0.6 is 0 Å². The molecule has 140 valence electrons. The maximum Gasteiger partial charge on any atom is 0.192 e. The lowest BCUT2D eigenvalue weighted by molar-refractivity contribution is 0.0772. The summed E-state index contributed by atoms with van der Waals surface area (Å²) in [6.45, 7) is 23.3. The van der Waals surface area contributed by atoms with Gasteiger partial charge in [0.05, 0.1) is 5.60 Å². The molecule has 0 aliphatic rings. The van der Waals surface area contributed by atoms with E-state index in [1.807, 2.05) is 0 Å². The van der Waals surface area contributed by atoms with E-state index < -0.39 is 8.32 Å². The van der Waals surface area contributed by atoms with Gasteiger partial charge in [0, 0.05) is 6.61 Å². The van der Waals surface area contributed by atoms with E-state index >= 15 is 0 Å². The molecule has 0 heterocycles. The molecule has 0 saturated carbocycles. The first-order valence-electron chi connectivity index (χ1n) is 9.43. The maximum atomic E-state index is 9.16. The molecule has 0 aromatic rings. The molecule has 0 aliphatic carbocycles. The average Bonchev–Trinajstić information content (AvgIpc) is 2.23. The largest absolute Gasteiger partial charge is 0.412 e. The summed E-state index contributed by atoms with van der Waals surface area (Å²) in [5.41, 5.74) is 0.227. The summed E-state index contributed by atoms with van der Waals surface area (Å²) in [6, 6.07) is 0. The first-order chi connectivity index (χ1) is 10.1. The van der Waals surface area contributed by atoms with E-state index in [0.29, 0.717) is 12.5 Å². The first kappa shape index (κ1) is 23.1. The second-order valence-electron chi connectivity index (χ2n) is 10.5. The van der Waals surface area contributed by atoms with Gasteiger partial charge >= 0.3 is 0 Å². The van der Waals surface area contributed by atoms with Crippen molar-refractivity contribution in [2.24, 2.45) is 11.3 Å². The second kappa shape index (κ2) is 8.49. The van der Waals surface area contributed by atoms with Gasteiger partial charge in [-0.25, -0.2) is 0 Å². The van der Waals surface area contributed by atoms with Crippen LogP contribution in [0.5, 0.6) is 0 Å². The number of hydrogen-bond donors (Lipinski definition) is 1. The Morgan fingerprint density at radius 1 is 0.957 bits per heavy atom. The van der Waals surface area contributed by atoms with Crippen LogP contribution in [0, 0.1) is 11.3 Å². The molecule has 0 fully saturated rings. The van der Waals surface area contributed by atoms with Crippen LogP contribution in [0.15, 0.2) is 0 Å². The lowest BCUT2D eigenvalue weighted by Gasteiger charge is -2.43. The third kappa shape index (κ3) is 9.26. The highest BCUT2D eigenvalue weighted by molar-refractivity contribution is 6.74. The van der Waals surface area contributed by atoms with Gasteiger partial charge in [-0.3, -0.25) is 0 Å². The highest BCUT2D eigenvalue weighted by atomic mass is 28.4. The molecule has 0 spiro atoms. The van der Waals surface area contributed by atoms with Gasteiger partial charge in [0.25, 0.3) is 0 Å². The fourth-order valence-electron chi connectivity index (χ4n) is 3.22. The molecule has 1 atom stereocenters. The van der Waals surface area contributed by atoms with Gasteiger partial charge in [0.15, 0.2) is 8.32 Å². The second-order valence-corrected chi connectivity index (χ2v) is 15.2. The van der Waals surface area contributed by atoms with E-state index in [9.17, 15) is 0 Å². The molecule has 23 heavy (non-hydrogen) atoms. The highest BCUT2D eigenvalue weighted by Gasteiger charge is 2.41. The minimum atomic E-state index is -1.69. The summed E-state index contributed by atoms with van der Waals surface area (Å²) in [5, 5.41) is 9.43. The van der Waals surface area contributed by atoms with Gasteiger partial charge in [-0.2, -0.15) is 0 Å². The zero-order chi connectivity index (χ0) is 18.5. The van der Waals surface area contributed by atoms with Crippen LogP contribution in [-0.4, -0.2) is 25.6 Å². The summed E-state index contributed by atoms with van der Waals surface area (Å²) in [5.74, 6) is 0.709. The Kier molecular flexibility index (Phi) is 8.54. The molecular formula is C20H44O2Si. The van der Waals surface area contributed by atoms with E-state index in [1.165, 1.54) is 19.3 Å². The first-order valence-corrected chi connectivity index (χ1v) is 12.3. The van der Waals surface area contributed by atoms with Crippen molar-refractivity contribution in [2.45, 2.75) is 111 Å². The summed E-state index contributed by atoms with van der Waals surface area (Å²) in [6.07, 6.45) is 5.69. The van der Waals surface area contributed by atoms with Gasteiger partial charge in [-0.05, 0) is 62.6 Å². The Labute approximate surface area is 147 Å². The van der Waals surface area contributed by atoms with Gasteiger partial charge in [0.1, 0.15) is 0 Å². The normalized spacial score (nSPS) is 15.8. The lowest BCUT2D eigenvalue weighted by atomic mass is 9.79. The Morgan fingerprint density at radius 2 is 1.48 bits per heavy atom. The Balaban J connectivity index is 4.35. The number of hydrogen-bond acceptors (Lipinski definition) is 2. The molecule has 0 radical (unpaired) electrons. The van der Waals surface area contributed by atoms with Gasteiger partial charge in [-0.15, -0.1) is 0 Å². The number of rotatable bonds is 10. The Morgan fingerprint density at radius 3 is 1.91 bits per heavy atom. The van der Waals surface area contributed by atoms with Crippen LogP contribution in [0.4, 0.5) is 0 Å². The van der Waals surface area contributed by atoms with E-state index in [1.54, 1.807) is 0 Å². The minimum absolute atomic E-state index is 0.0245. The molecule has 0 aliphatic heterocycles. The molecule has 0 amide bonds. The predicted octanol–water partition coefficient (Wildman–Crippen LogP) is 6.39.